The third-order valence-electron chi connectivity index (χ3n) is 12.4. The maximum Gasteiger partial charge on any atom is 0.293 e. The number of carbonyl (C=O) groups excluding carboxylic acids is 2. The fourth-order valence-electron chi connectivity index (χ4n) is 9.17. The smallest absolute Gasteiger partial charge is 0.293 e. The molecule has 6 heterocycles. The van der Waals surface area contributed by atoms with Crippen molar-refractivity contribution >= 4 is 50.3 Å². The number of rotatable bonds is 11. The Morgan fingerprint density at radius 2 is 1.89 bits per heavy atom. The Hall–Kier alpha value is -5.36. The third-order valence-corrected chi connectivity index (χ3v) is 14.6. The van der Waals surface area contributed by atoms with E-state index in [4.69, 9.17) is 9.72 Å². The van der Waals surface area contributed by atoms with E-state index in [-0.39, 0.29) is 39.5 Å². The predicted octanol–water partition coefficient (Wildman–Crippen LogP) is 4.27. The van der Waals surface area contributed by atoms with Crippen LogP contribution in [0.5, 0.6) is 0 Å². The first kappa shape index (κ1) is 42.3. The first-order valence-electron chi connectivity index (χ1n) is 20.9. The van der Waals surface area contributed by atoms with Gasteiger partial charge in [-0.3, -0.25) is 24.2 Å². The molecule has 61 heavy (non-hydrogen) atoms. The van der Waals surface area contributed by atoms with Crippen LogP contribution < -0.4 is 26.0 Å². The van der Waals surface area contributed by atoms with E-state index in [0.717, 1.165) is 18.9 Å². The van der Waals surface area contributed by atoms with Gasteiger partial charge in [0, 0.05) is 80.7 Å². The van der Waals surface area contributed by atoms with Gasteiger partial charge in [0.15, 0.2) is 15.7 Å². The SMILES string of the molecule is C=CC(=O)Nc1cc(Nc2nc(-c3ccnc(N4CCCn5c(cc6c5CC(C)(C)C6)C4=O)c3CO)cn(C)c2=O)cc(S(=O)(=O)C(C)C)c1N1CCN(C2COC2)C[C@@H]1C. The summed E-state index contributed by atoms with van der Waals surface area (Å²) in [5, 5.41) is 16.0. The molecule has 324 valence electrons. The summed E-state index contributed by atoms with van der Waals surface area (Å²) in [5.74, 6) is -0.550. The second-order valence-electron chi connectivity index (χ2n) is 17.7. The Kier molecular flexibility index (Phi) is 11.2. The summed E-state index contributed by atoms with van der Waals surface area (Å²) in [4.78, 5) is 56.3. The van der Waals surface area contributed by atoms with Crippen molar-refractivity contribution in [3.8, 4) is 11.3 Å². The number of sulfone groups is 1. The van der Waals surface area contributed by atoms with Gasteiger partial charge >= 0.3 is 0 Å². The number of fused-ring (bicyclic) bond motifs is 3. The molecule has 1 aliphatic carbocycles. The molecule has 0 spiro atoms. The molecule has 16 nitrogen and oxygen atoms in total. The number of aromatic nitrogens is 4. The number of aliphatic hydroxyl groups excluding tert-OH is 1. The van der Waals surface area contributed by atoms with Crippen molar-refractivity contribution in [2.45, 2.75) is 89.3 Å². The lowest BCUT2D eigenvalue weighted by molar-refractivity contribution is -0.111. The van der Waals surface area contributed by atoms with Crippen LogP contribution in [0.1, 0.15) is 68.3 Å². The lowest BCUT2D eigenvalue weighted by Gasteiger charge is -2.47. The highest BCUT2D eigenvalue weighted by Gasteiger charge is 2.38. The fourth-order valence-corrected chi connectivity index (χ4v) is 10.5. The minimum atomic E-state index is -3.97. The van der Waals surface area contributed by atoms with E-state index in [0.29, 0.717) is 92.4 Å². The van der Waals surface area contributed by atoms with Crippen molar-refractivity contribution < 1.29 is 27.9 Å². The zero-order valence-corrected chi connectivity index (χ0v) is 36.5. The van der Waals surface area contributed by atoms with Crippen LogP contribution in [0.15, 0.2) is 59.0 Å². The van der Waals surface area contributed by atoms with Crippen LogP contribution in [0, 0.1) is 5.41 Å². The number of nitrogens with zero attached hydrogens (tertiary/aromatic N) is 7. The van der Waals surface area contributed by atoms with Crippen LogP contribution in [-0.4, -0.2) is 106 Å². The van der Waals surface area contributed by atoms with Crippen LogP contribution in [0.3, 0.4) is 0 Å². The Bertz CT molecular complexity index is 2600. The van der Waals surface area contributed by atoms with E-state index in [1.165, 1.54) is 28.1 Å². The van der Waals surface area contributed by atoms with Crippen molar-refractivity contribution in [2.24, 2.45) is 12.5 Å². The molecule has 0 bridgehead atoms. The van der Waals surface area contributed by atoms with Crippen LogP contribution in [0.2, 0.25) is 0 Å². The number of hydrogen-bond acceptors (Lipinski definition) is 12. The summed E-state index contributed by atoms with van der Waals surface area (Å²) in [7, 11) is -2.41. The van der Waals surface area contributed by atoms with Gasteiger partial charge < -0.3 is 34.5 Å². The molecule has 4 aliphatic rings. The number of hydrogen-bond donors (Lipinski definition) is 3. The normalized spacial score (nSPS) is 19.3. The minimum Gasteiger partial charge on any atom is -0.392 e. The van der Waals surface area contributed by atoms with Crippen molar-refractivity contribution in [1.82, 2.24) is 24.0 Å². The van der Waals surface area contributed by atoms with Crippen LogP contribution in [-0.2, 0) is 52.4 Å². The lowest BCUT2D eigenvalue weighted by atomic mass is 9.90. The molecule has 4 aromatic rings. The molecule has 8 rings (SSSR count). The molecular weight excluding hydrogens is 799 g/mol. The van der Waals surface area contributed by atoms with Gasteiger partial charge in [0.1, 0.15) is 11.5 Å². The Morgan fingerprint density at radius 3 is 2.56 bits per heavy atom. The number of pyridine rings is 1. The summed E-state index contributed by atoms with van der Waals surface area (Å²) in [6, 6.07) is 6.97. The second-order valence-corrected chi connectivity index (χ2v) is 20.2. The van der Waals surface area contributed by atoms with Gasteiger partial charge in [0.2, 0.25) is 5.91 Å². The highest BCUT2D eigenvalue weighted by Crippen LogP contribution is 2.42. The molecule has 0 unspecified atom stereocenters. The van der Waals surface area contributed by atoms with Gasteiger partial charge in [-0.2, -0.15) is 0 Å². The first-order valence-corrected chi connectivity index (χ1v) is 22.5. The van der Waals surface area contributed by atoms with Crippen LogP contribution in [0.4, 0.5) is 28.7 Å². The quantitative estimate of drug-likeness (QED) is 0.183. The third kappa shape index (κ3) is 7.76. The van der Waals surface area contributed by atoms with E-state index in [1.807, 2.05) is 17.9 Å². The summed E-state index contributed by atoms with van der Waals surface area (Å²) in [6.07, 6.45) is 6.70. The number of anilines is 5. The van der Waals surface area contributed by atoms with Gasteiger partial charge in [-0.15, -0.1) is 0 Å². The van der Waals surface area contributed by atoms with Crippen LogP contribution >= 0.6 is 0 Å². The Balaban J connectivity index is 1.18. The number of carbonyl (C=O) groups is 2. The van der Waals surface area contributed by atoms with Crippen molar-refractivity contribution in [1.29, 1.82) is 0 Å². The molecule has 3 aliphatic heterocycles. The summed E-state index contributed by atoms with van der Waals surface area (Å²) in [5.41, 5.74) is 4.57. The van der Waals surface area contributed by atoms with Gasteiger partial charge in [0.05, 0.1) is 53.1 Å². The summed E-state index contributed by atoms with van der Waals surface area (Å²) < 4.78 is 37.4. The molecule has 0 saturated carbocycles. The van der Waals surface area contributed by atoms with Gasteiger partial charge in [-0.1, -0.05) is 20.4 Å². The van der Waals surface area contributed by atoms with Gasteiger partial charge in [-0.25, -0.2) is 18.4 Å². The highest BCUT2D eigenvalue weighted by atomic mass is 32.2. The average Bonchev–Trinajstić information content (AvgIpc) is 3.62. The fraction of sp³-hybridized carbons (Fsp3) is 0.477. The zero-order valence-electron chi connectivity index (χ0n) is 35.7. The van der Waals surface area contributed by atoms with Crippen molar-refractivity contribution in [3.05, 3.63) is 82.2 Å². The largest absolute Gasteiger partial charge is 0.392 e. The zero-order chi connectivity index (χ0) is 43.5. The summed E-state index contributed by atoms with van der Waals surface area (Å²) in [6.45, 7) is 17.1. The first-order chi connectivity index (χ1) is 29.0. The highest BCUT2D eigenvalue weighted by molar-refractivity contribution is 7.92. The maximum atomic E-state index is 14.3. The molecule has 2 amide bonds. The van der Waals surface area contributed by atoms with E-state index in [1.54, 1.807) is 44.1 Å². The topological polar surface area (TPSA) is 184 Å². The molecule has 2 fully saturated rings. The monoisotopic (exact) mass is 853 g/mol. The standard InChI is InChI=1S/C44H55N9O7S/c1-8-38(55)47-33-17-29(18-37(61(58,59)26(2)3)39(33)51-15-14-50(21-27(51)4)30-24-60-25-30)46-40-43(57)49(7)22-34(48-40)31-10-11-45-41(32(31)23-54)53-13-9-12-52-35(42(53)56)16-28-19-44(5,6)20-36(28)52/h8,10-11,16-18,22,26-27,30,54H,1,9,12-15,19-21,23-25H2,2-7H3,(H,46,48)(H,47,55)/t27-/m0/s1. The van der Waals surface area contributed by atoms with Crippen molar-refractivity contribution in [3.63, 3.8) is 0 Å². The van der Waals surface area contributed by atoms with Crippen molar-refractivity contribution in [2.75, 3.05) is 59.8 Å². The number of benzene rings is 1. The Morgan fingerprint density at radius 1 is 1.11 bits per heavy atom. The number of piperazine rings is 1. The molecule has 1 atom stereocenters. The Labute approximate surface area is 356 Å². The van der Waals surface area contributed by atoms with Gasteiger partial charge in [0.25, 0.3) is 11.5 Å². The predicted molar refractivity (Wildman–Crippen MR) is 234 cm³/mol. The molecular formula is C44H55N9O7S. The minimum absolute atomic E-state index is 0.00402. The molecule has 3 N–H and O–H groups in total. The maximum absolute atomic E-state index is 14.3. The molecule has 2 saturated heterocycles. The van der Waals surface area contributed by atoms with E-state index in [2.05, 4.69) is 45.5 Å². The number of amides is 2. The summed E-state index contributed by atoms with van der Waals surface area (Å²) >= 11 is 0. The van der Waals surface area contributed by atoms with Gasteiger partial charge in [-0.05, 0) is 81.4 Å². The molecule has 3 aromatic heterocycles. The number of aryl methyl sites for hydroxylation is 1. The number of nitrogens with one attached hydrogen (secondary N) is 2. The molecule has 0 radical (unpaired) electrons. The van der Waals surface area contributed by atoms with E-state index >= 15 is 0 Å². The molecule has 1 aromatic carbocycles. The average molecular weight is 854 g/mol. The van der Waals surface area contributed by atoms with Crippen LogP contribution in [0.25, 0.3) is 11.3 Å². The number of ether oxygens (including phenoxy) is 1. The lowest BCUT2D eigenvalue weighted by Crippen LogP contribution is -2.59. The molecule has 17 heteroatoms. The second kappa shape index (κ2) is 16.2. The van der Waals surface area contributed by atoms with E-state index in [9.17, 15) is 27.9 Å². The van der Waals surface area contributed by atoms with E-state index < -0.39 is 33.2 Å². The number of aliphatic hydroxyl groups is 1.